The Morgan fingerprint density at radius 3 is 2.32 bits per heavy atom. The number of rotatable bonds is 6. The van der Waals surface area contributed by atoms with Gasteiger partial charge in [0.05, 0.1) is 7.11 Å². The minimum absolute atomic E-state index is 0.429. The molecule has 0 amide bonds. The van der Waals surface area contributed by atoms with Crippen LogP contribution in [0.4, 0.5) is 11.9 Å². The average Bonchev–Trinajstić information content (AvgIpc) is 2.93. The molecule has 0 unspecified atom stereocenters. The molecule has 3 rings (SSSR count). The van der Waals surface area contributed by atoms with E-state index < -0.39 is 0 Å². The van der Waals surface area contributed by atoms with Crippen LogP contribution in [0.15, 0.2) is 0 Å². The van der Waals surface area contributed by atoms with Gasteiger partial charge in [0.2, 0.25) is 11.9 Å². The first kappa shape index (κ1) is 18.2. The molecule has 1 atom stereocenters. The fourth-order valence-corrected chi connectivity index (χ4v) is 3.71. The van der Waals surface area contributed by atoms with E-state index >= 15 is 0 Å². The summed E-state index contributed by atoms with van der Waals surface area (Å²) in [5.74, 6) is 2.22. The lowest BCUT2D eigenvalue weighted by Gasteiger charge is -2.23. The molecule has 7 heteroatoms. The molecule has 3 heterocycles. The van der Waals surface area contributed by atoms with Crippen LogP contribution in [0, 0.1) is 5.92 Å². The lowest BCUT2D eigenvalue weighted by atomic mass is 10.1. The number of ether oxygens (including phenoxy) is 1. The zero-order valence-corrected chi connectivity index (χ0v) is 15.9. The number of nitrogens with zero attached hydrogens (tertiary/aromatic N) is 6. The zero-order chi connectivity index (χ0) is 17.6. The normalized spacial score (nSPS) is 21.7. The highest BCUT2D eigenvalue weighted by atomic mass is 16.5. The molecule has 0 saturated carbocycles. The third-order valence-corrected chi connectivity index (χ3v) is 5.34. The minimum atomic E-state index is 0.429. The molecule has 2 saturated heterocycles. The summed E-state index contributed by atoms with van der Waals surface area (Å²) in [4.78, 5) is 20.8. The predicted octanol–water partition coefficient (Wildman–Crippen LogP) is 2.04. The number of hydrogen-bond donors (Lipinski definition) is 0. The Kier molecular flexibility index (Phi) is 6.29. The quantitative estimate of drug-likeness (QED) is 0.780. The maximum absolute atomic E-state index is 5.36. The van der Waals surface area contributed by atoms with Crippen molar-refractivity contribution >= 4 is 11.9 Å². The van der Waals surface area contributed by atoms with Crippen LogP contribution < -0.4 is 14.5 Å². The monoisotopic (exact) mass is 348 g/mol. The second kappa shape index (κ2) is 8.65. The number of hydrogen-bond acceptors (Lipinski definition) is 7. The van der Waals surface area contributed by atoms with Crippen LogP contribution in [-0.2, 0) is 0 Å². The summed E-state index contributed by atoms with van der Waals surface area (Å²) >= 11 is 0. The summed E-state index contributed by atoms with van der Waals surface area (Å²) in [6.07, 6.45) is 6.20. The molecule has 0 N–H and O–H groups in total. The van der Waals surface area contributed by atoms with Crippen molar-refractivity contribution in [2.24, 2.45) is 5.92 Å². The molecule has 0 aliphatic carbocycles. The van der Waals surface area contributed by atoms with Crippen LogP contribution >= 0.6 is 0 Å². The Morgan fingerprint density at radius 1 is 1.00 bits per heavy atom. The summed E-state index contributed by atoms with van der Waals surface area (Å²) < 4.78 is 5.36. The van der Waals surface area contributed by atoms with E-state index in [4.69, 9.17) is 9.72 Å². The molecule has 0 radical (unpaired) electrons. The van der Waals surface area contributed by atoms with Crippen molar-refractivity contribution in [3.63, 3.8) is 0 Å². The van der Waals surface area contributed by atoms with Gasteiger partial charge in [-0.25, -0.2) is 0 Å². The molecular formula is C18H32N6O. The molecule has 0 bridgehead atoms. The van der Waals surface area contributed by atoms with Gasteiger partial charge in [-0.1, -0.05) is 19.8 Å². The molecule has 140 valence electrons. The smallest absolute Gasteiger partial charge is 0.322 e. The van der Waals surface area contributed by atoms with Gasteiger partial charge in [0.15, 0.2) is 0 Å². The van der Waals surface area contributed by atoms with Crippen LogP contribution in [0.25, 0.3) is 0 Å². The van der Waals surface area contributed by atoms with E-state index in [2.05, 4.69) is 38.6 Å². The molecule has 7 nitrogen and oxygen atoms in total. The van der Waals surface area contributed by atoms with E-state index in [1.54, 1.807) is 7.11 Å². The van der Waals surface area contributed by atoms with Gasteiger partial charge < -0.3 is 19.4 Å². The van der Waals surface area contributed by atoms with E-state index in [0.29, 0.717) is 11.9 Å². The van der Waals surface area contributed by atoms with Gasteiger partial charge in [0, 0.05) is 32.7 Å². The van der Waals surface area contributed by atoms with Crippen LogP contribution in [0.2, 0.25) is 0 Å². The number of methoxy groups -OCH3 is 1. The Labute approximate surface area is 151 Å². The first-order valence-electron chi connectivity index (χ1n) is 9.68. The van der Waals surface area contributed by atoms with Crippen molar-refractivity contribution in [3.05, 3.63) is 0 Å². The largest absolute Gasteiger partial charge is 0.467 e. The molecular weight excluding hydrogens is 316 g/mol. The van der Waals surface area contributed by atoms with Gasteiger partial charge in [0.25, 0.3) is 0 Å². The van der Waals surface area contributed by atoms with Gasteiger partial charge in [-0.05, 0) is 38.8 Å². The van der Waals surface area contributed by atoms with E-state index in [9.17, 15) is 0 Å². The van der Waals surface area contributed by atoms with Crippen LogP contribution in [0.3, 0.4) is 0 Å². The van der Waals surface area contributed by atoms with Crippen molar-refractivity contribution in [3.8, 4) is 6.01 Å². The van der Waals surface area contributed by atoms with Crippen molar-refractivity contribution in [1.82, 2.24) is 19.9 Å². The molecule has 2 fully saturated rings. The second-order valence-electron chi connectivity index (χ2n) is 7.28. The number of aromatic nitrogens is 3. The molecule has 25 heavy (non-hydrogen) atoms. The van der Waals surface area contributed by atoms with Crippen molar-refractivity contribution in [2.75, 3.05) is 63.2 Å². The SMILES string of the molecule is CCN(C)C[C@@H]1CCN(c2nc(OC)nc(N3CCCCCC3)n2)C1. The summed E-state index contributed by atoms with van der Waals surface area (Å²) in [5.41, 5.74) is 0. The molecule has 1 aromatic heterocycles. The highest BCUT2D eigenvalue weighted by Gasteiger charge is 2.27. The summed E-state index contributed by atoms with van der Waals surface area (Å²) in [6.45, 7) is 8.50. The lowest BCUT2D eigenvalue weighted by molar-refractivity contribution is 0.300. The van der Waals surface area contributed by atoms with E-state index in [1.165, 1.54) is 32.1 Å². The van der Waals surface area contributed by atoms with E-state index in [1.807, 2.05) is 0 Å². The standard InChI is InChI=1S/C18H32N6O/c1-4-22(2)13-15-9-12-24(14-15)17-19-16(20-18(21-17)25-3)23-10-7-5-6-8-11-23/h15H,4-14H2,1-3H3/t15-/m0/s1. The zero-order valence-electron chi connectivity index (χ0n) is 15.9. The lowest BCUT2D eigenvalue weighted by Crippen LogP contribution is -2.30. The first-order valence-corrected chi connectivity index (χ1v) is 9.68. The van der Waals surface area contributed by atoms with Crippen molar-refractivity contribution in [1.29, 1.82) is 0 Å². The van der Waals surface area contributed by atoms with Crippen LogP contribution in [0.1, 0.15) is 39.0 Å². The van der Waals surface area contributed by atoms with Crippen molar-refractivity contribution in [2.45, 2.75) is 39.0 Å². The highest BCUT2D eigenvalue weighted by Crippen LogP contribution is 2.25. The molecule has 0 spiro atoms. The Balaban J connectivity index is 1.73. The van der Waals surface area contributed by atoms with E-state index in [-0.39, 0.29) is 0 Å². The minimum Gasteiger partial charge on any atom is -0.467 e. The van der Waals surface area contributed by atoms with Gasteiger partial charge in [0.1, 0.15) is 0 Å². The third kappa shape index (κ3) is 4.71. The summed E-state index contributed by atoms with van der Waals surface area (Å²) in [5, 5.41) is 0. The number of anilines is 2. The fourth-order valence-electron chi connectivity index (χ4n) is 3.71. The fraction of sp³-hybridized carbons (Fsp3) is 0.833. The maximum Gasteiger partial charge on any atom is 0.322 e. The van der Waals surface area contributed by atoms with Crippen molar-refractivity contribution < 1.29 is 4.74 Å². The van der Waals surface area contributed by atoms with Crippen LogP contribution in [0.5, 0.6) is 6.01 Å². The third-order valence-electron chi connectivity index (χ3n) is 5.34. The molecule has 0 aromatic carbocycles. The topological polar surface area (TPSA) is 57.6 Å². The predicted molar refractivity (Wildman–Crippen MR) is 101 cm³/mol. The van der Waals surface area contributed by atoms with Crippen LogP contribution in [-0.4, -0.2) is 73.3 Å². The second-order valence-corrected chi connectivity index (χ2v) is 7.28. The van der Waals surface area contributed by atoms with E-state index in [0.717, 1.165) is 51.2 Å². The van der Waals surface area contributed by atoms with Gasteiger partial charge >= 0.3 is 6.01 Å². The molecule has 2 aliphatic heterocycles. The maximum atomic E-state index is 5.36. The Bertz CT molecular complexity index is 546. The summed E-state index contributed by atoms with van der Waals surface area (Å²) in [7, 11) is 3.82. The highest BCUT2D eigenvalue weighted by molar-refractivity contribution is 5.41. The van der Waals surface area contributed by atoms with Gasteiger partial charge in [-0.15, -0.1) is 0 Å². The molecule has 1 aromatic rings. The first-order chi connectivity index (χ1) is 12.2. The Hall–Kier alpha value is -1.63. The molecule has 2 aliphatic rings. The Morgan fingerprint density at radius 2 is 1.68 bits per heavy atom. The summed E-state index contributed by atoms with van der Waals surface area (Å²) in [6, 6.07) is 0.429. The van der Waals surface area contributed by atoms with Gasteiger partial charge in [-0.3, -0.25) is 0 Å². The average molecular weight is 348 g/mol. The van der Waals surface area contributed by atoms with Gasteiger partial charge in [-0.2, -0.15) is 15.0 Å².